The van der Waals surface area contributed by atoms with E-state index in [1.807, 2.05) is 22.9 Å². The number of hydrogen-bond donors (Lipinski definition) is 1. The summed E-state index contributed by atoms with van der Waals surface area (Å²) < 4.78 is 1.90. The molecule has 0 fully saturated rings. The Labute approximate surface area is 76.3 Å². The summed E-state index contributed by atoms with van der Waals surface area (Å²) in [6, 6.07) is 5.67. The van der Waals surface area contributed by atoms with E-state index in [-0.39, 0.29) is 0 Å². The van der Waals surface area contributed by atoms with Crippen molar-refractivity contribution in [1.82, 2.24) is 15.0 Å². The fourth-order valence-corrected chi connectivity index (χ4v) is 1.37. The lowest BCUT2D eigenvalue weighted by Gasteiger charge is -1.98. The minimum Gasteiger partial charge on any atom is -0.399 e. The number of nitrogen functional groups attached to an aromatic ring is 1. The van der Waals surface area contributed by atoms with E-state index in [1.54, 1.807) is 0 Å². The highest BCUT2D eigenvalue weighted by molar-refractivity contribution is 5.77. The number of anilines is 1. The van der Waals surface area contributed by atoms with Gasteiger partial charge in [-0.15, -0.1) is 5.10 Å². The molecule has 0 atom stereocenters. The smallest absolute Gasteiger partial charge is 0.115 e. The molecule has 0 amide bonds. The molecule has 2 aromatic rings. The predicted molar refractivity (Wildman–Crippen MR) is 52.2 cm³/mol. The summed E-state index contributed by atoms with van der Waals surface area (Å²) in [5.74, 6) is 0. The van der Waals surface area contributed by atoms with Gasteiger partial charge in [0.1, 0.15) is 5.52 Å². The first-order valence-electron chi connectivity index (χ1n) is 4.40. The molecule has 4 heteroatoms. The molecule has 13 heavy (non-hydrogen) atoms. The van der Waals surface area contributed by atoms with Gasteiger partial charge in [-0.05, 0) is 24.6 Å². The SMILES string of the molecule is CCCn1nnc2cc(N)ccc21. The summed E-state index contributed by atoms with van der Waals surface area (Å²) in [7, 11) is 0. The van der Waals surface area contributed by atoms with Crippen molar-refractivity contribution in [3.05, 3.63) is 18.2 Å². The highest BCUT2D eigenvalue weighted by Gasteiger charge is 2.02. The van der Waals surface area contributed by atoms with Gasteiger partial charge in [0.05, 0.1) is 5.52 Å². The quantitative estimate of drug-likeness (QED) is 0.704. The van der Waals surface area contributed by atoms with Gasteiger partial charge in [0, 0.05) is 12.2 Å². The van der Waals surface area contributed by atoms with Crippen molar-refractivity contribution in [2.75, 3.05) is 5.73 Å². The van der Waals surface area contributed by atoms with Crippen molar-refractivity contribution in [2.45, 2.75) is 19.9 Å². The summed E-state index contributed by atoms with van der Waals surface area (Å²) >= 11 is 0. The molecular weight excluding hydrogens is 164 g/mol. The predicted octanol–water partition coefficient (Wildman–Crippen LogP) is 1.42. The topological polar surface area (TPSA) is 56.7 Å². The summed E-state index contributed by atoms with van der Waals surface area (Å²) in [5, 5.41) is 8.07. The number of aromatic nitrogens is 3. The van der Waals surface area contributed by atoms with E-state index >= 15 is 0 Å². The van der Waals surface area contributed by atoms with Crippen LogP contribution in [0.3, 0.4) is 0 Å². The summed E-state index contributed by atoms with van der Waals surface area (Å²) in [6.45, 7) is 3.02. The third-order valence-corrected chi connectivity index (χ3v) is 1.97. The van der Waals surface area contributed by atoms with Gasteiger partial charge in [0.25, 0.3) is 0 Å². The van der Waals surface area contributed by atoms with Gasteiger partial charge >= 0.3 is 0 Å². The van der Waals surface area contributed by atoms with Gasteiger partial charge in [-0.3, -0.25) is 0 Å². The van der Waals surface area contributed by atoms with Crippen LogP contribution in [0.5, 0.6) is 0 Å². The van der Waals surface area contributed by atoms with E-state index in [4.69, 9.17) is 5.73 Å². The fourth-order valence-electron chi connectivity index (χ4n) is 1.37. The minimum absolute atomic E-state index is 0.732. The molecular formula is C9H12N4. The van der Waals surface area contributed by atoms with E-state index in [0.29, 0.717) is 0 Å². The van der Waals surface area contributed by atoms with Gasteiger partial charge in [-0.1, -0.05) is 12.1 Å². The number of nitrogens with zero attached hydrogens (tertiary/aromatic N) is 3. The average molecular weight is 176 g/mol. The van der Waals surface area contributed by atoms with E-state index in [0.717, 1.165) is 29.7 Å². The van der Waals surface area contributed by atoms with Crippen molar-refractivity contribution in [1.29, 1.82) is 0 Å². The van der Waals surface area contributed by atoms with Crippen LogP contribution in [-0.2, 0) is 6.54 Å². The van der Waals surface area contributed by atoms with E-state index in [9.17, 15) is 0 Å². The lowest BCUT2D eigenvalue weighted by Crippen LogP contribution is -1.98. The van der Waals surface area contributed by atoms with Crippen molar-refractivity contribution in [3.8, 4) is 0 Å². The Morgan fingerprint density at radius 2 is 2.31 bits per heavy atom. The summed E-state index contributed by atoms with van der Waals surface area (Å²) in [5.41, 5.74) is 8.28. The number of nitrogens with two attached hydrogens (primary N) is 1. The highest BCUT2D eigenvalue weighted by atomic mass is 15.4. The van der Waals surface area contributed by atoms with Gasteiger partial charge in [0.2, 0.25) is 0 Å². The normalized spacial score (nSPS) is 10.8. The number of hydrogen-bond acceptors (Lipinski definition) is 3. The number of fused-ring (bicyclic) bond motifs is 1. The molecule has 0 radical (unpaired) electrons. The maximum Gasteiger partial charge on any atom is 0.115 e. The Kier molecular flexibility index (Phi) is 1.88. The number of aryl methyl sites for hydroxylation is 1. The second-order valence-corrected chi connectivity index (χ2v) is 3.06. The van der Waals surface area contributed by atoms with E-state index < -0.39 is 0 Å². The standard InChI is InChI=1S/C9H12N4/c1-2-5-13-9-4-3-7(10)6-8(9)11-12-13/h3-4,6H,2,5,10H2,1H3. The zero-order valence-electron chi connectivity index (χ0n) is 7.57. The van der Waals surface area contributed by atoms with Crippen molar-refractivity contribution in [2.24, 2.45) is 0 Å². The molecule has 2 rings (SSSR count). The lowest BCUT2D eigenvalue weighted by molar-refractivity contribution is 0.596. The molecule has 1 heterocycles. The van der Waals surface area contributed by atoms with Crippen LogP contribution < -0.4 is 5.73 Å². The molecule has 1 aromatic heterocycles. The Balaban J connectivity index is 2.55. The molecule has 68 valence electrons. The highest BCUT2D eigenvalue weighted by Crippen LogP contribution is 2.14. The largest absolute Gasteiger partial charge is 0.399 e. The van der Waals surface area contributed by atoms with Gasteiger partial charge in [-0.25, -0.2) is 4.68 Å². The monoisotopic (exact) mass is 176 g/mol. The molecule has 0 aliphatic carbocycles. The molecule has 0 saturated carbocycles. The third kappa shape index (κ3) is 1.35. The van der Waals surface area contributed by atoms with Crippen LogP contribution in [0.1, 0.15) is 13.3 Å². The number of benzene rings is 1. The summed E-state index contributed by atoms with van der Waals surface area (Å²) in [6.07, 6.45) is 1.06. The van der Waals surface area contributed by atoms with Crippen molar-refractivity contribution in [3.63, 3.8) is 0 Å². The molecule has 0 saturated heterocycles. The molecule has 0 bridgehead atoms. The number of rotatable bonds is 2. The first-order valence-corrected chi connectivity index (χ1v) is 4.40. The summed E-state index contributed by atoms with van der Waals surface area (Å²) in [4.78, 5) is 0. The van der Waals surface area contributed by atoms with Crippen molar-refractivity contribution >= 4 is 16.7 Å². The Bertz CT molecular complexity index is 418. The van der Waals surface area contributed by atoms with Crippen LogP contribution >= 0.6 is 0 Å². The van der Waals surface area contributed by atoms with E-state index in [1.165, 1.54) is 0 Å². The molecule has 4 nitrogen and oxygen atoms in total. The minimum atomic E-state index is 0.732. The van der Waals surface area contributed by atoms with Crippen LogP contribution in [0.15, 0.2) is 18.2 Å². The molecule has 1 aromatic carbocycles. The Morgan fingerprint density at radius 3 is 3.08 bits per heavy atom. The maximum absolute atomic E-state index is 5.63. The fraction of sp³-hybridized carbons (Fsp3) is 0.333. The first kappa shape index (κ1) is 8.04. The average Bonchev–Trinajstić information content (AvgIpc) is 2.49. The molecule has 2 N–H and O–H groups in total. The third-order valence-electron chi connectivity index (χ3n) is 1.97. The molecule has 0 spiro atoms. The zero-order valence-corrected chi connectivity index (χ0v) is 7.57. The molecule has 0 unspecified atom stereocenters. The Hall–Kier alpha value is -1.58. The van der Waals surface area contributed by atoms with Crippen LogP contribution in [-0.4, -0.2) is 15.0 Å². The second-order valence-electron chi connectivity index (χ2n) is 3.06. The lowest BCUT2D eigenvalue weighted by atomic mass is 10.3. The van der Waals surface area contributed by atoms with Crippen LogP contribution in [0.25, 0.3) is 11.0 Å². The van der Waals surface area contributed by atoms with Crippen LogP contribution in [0.2, 0.25) is 0 Å². The zero-order chi connectivity index (χ0) is 9.26. The Morgan fingerprint density at radius 1 is 1.46 bits per heavy atom. The van der Waals surface area contributed by atoms with Crippen molar-refractivity contribution < 1.29 is 0 Å². The van der Waals surface area contributed by atoms with E-state index in [2.05, 4.69) is 17.2 Å². The van der Waals surface area contributed by atoms with Crippen LogP contribution in [0.4, 0.5) is 5.69 Å². The van der Waals surface area contributed by atoms with Gasteiger partial charge < -0.3 is 5.73 Å². The van der Waals surface area contributed by atoms with Gasteiger partial charge in [-0.2, -0.15) is 0 Å². The van der Waals surface area contributed by atoms with Crippen LogP contribution in [0, 0.1) is 0 Å². The molecule has 0 aliphatic heterocycles. The maximum atomic E-state index is 5.63. The van der Waals surface area contributed by atoms with Gasteiger partial charge in [0.15, 0.2) is 0 Å². The first-order chi connectivity index (χ1) is 6.31. The molecule has 0 aliphatic rings. The second kappa shape index (κ2) is 3.05.